The molecule has 0 spiro atoms. The van der Waals surface area contributed by atoms with Crippen molar-refractivity contribution in [3.05, 3.63) is 27.7 Å². The summed E-state index contributed by atoms with van der Waals surface area (Å²) in [6, 6.07) is 3.35. The first kappa shape index (κ1) is 10.6. The van der Waals surface area contributed by atoms with Gasteiger partial charge in [0.25, 0.3) is 0 Å². The minimum atomic E-state index is 0.0638. The first-order valence-electron chi connectivity index (χ1n) is 3.81. The number of methoxy groups -OCH3 is 1. The third kappa shape index (κ3) is 2.50. The molecule has 13 heavy (non-hydrogen) atoms. The first-order valence-corrected chi connectivity index (χ1v) is 4.57. The maximum absolute atomic E-state index is 8.77. The first-order chi connectivity index (χ1) is 6.19. The zero-order chi connectivity index (χ0) is 9.84. The highest BCUT2D eigenvalue weighted by molar-refractivity contribution is 6.42. The molecular weight excluding hydrogens is 211 g/mol. The van der Waals surface area contributed by atoms with Crippen LogP contribution in [0, 0.1) is 0 Å². The Bertz CT molecular complexity index is 300. The van der Waals surface area contributed by atoms with Gasteiger partial charge in [0, 0.05) is 12.7 Å². The Hall–Kier alpha value is -0.440. The van der Waals surface area contributed by atoms with Crippen molar-refractivity contribution in [3.8, 4) is 5.75 Å². The van der Waals surface area contributed by atoms with E-state index >= 15 is 0 Å². The smallest absolute Gasteiger partial charge is 0.123 e. The average Bonchev–Trinajstić information content (AvgIpc) is 2.11. The Morgan fingerprint density at radius 2 is 1.92 bits per heavy atom. The van der Waals surface area contributed by atoms with Crippen LogP contribution in [-0.4, -0.2) is 18.8 Å². The van der Waals surface area contributed by atoms with Gasteiger partial charge in [-0.3, -0.25) is 0 Å². The van der Waals surface area contributed by atoms with Gasteiger partial charge >= 0.3 is 0 Å². The van der Waals surface area contributed by atoms with E-state index in [9.17, 15) is 0 Å². The Labute approximate surface area is 87.0 Å². The third-order valence-corrected chi connectivity index (χ3v) is 2.43. The molecule has 1 aromatic carbocycles. The van der Waals surface area contributed by atoms with Crippen molar-refractivity contribution >= 4 is 23.2 Å². The lowest BCUT2D eigenvalue weighted by molar-refractivity contribution is 0.296. The molecule has 72 valence electrons. The number of rotatable bonds is 3. The van der Waals surface area contributed by atoms with Gasteiger partial charge in [0.2, 0.25) is 0 Å². The van der Waals surface area contributed by atoms with Crippen molar-refractivity contribution < 1.29 is 9.84 Å². The highest BCUT2D eigenvalue weighted by atomic mass is 35.5. The van der Waals surface area contributed by atoms with Crippen molar-refractivity contribution in [3.63, 3.8) is 0 Å². The molecule has 0 radical (unpaired) electrons. The largest absolute Gasteiger partial charge is 0.496 e. The summed E-state index contributed by atoms with van der Waals surface area (Å²) in [5.41, 5.74) is 0.861. The molecule has 0 heterocycles. The van der Waals surface area contributed by atoms with Crippen LogP contribution in [0.3, 0.4) is 0 Å². The summed E-state index contributed by atoms with van der Waals surface area (Å²) in [4.78, 5) is 0. The second-order valence-electron chi connectivity index (χ2n) is 2.55. The van der Waals surface area contributed by atoms with Crippen LogP contribution in [0.5, 0.6) is 5.75 Å². The molecule has 0 atom stereocenters. The molecule has 0 saturated carbocycles. The van der Waals surface area contributed by atoms with Gasteiger partial charge in [0.05, 0.1) is 17.2 Å². The van der Waals surface area contributed by atoms with Gasteiger partial charge in [-0.25, -0.2) is 0 Å². The van der Waals surface area contributed by atoms with Gasteiger partial charge < -0.3 is 9.84 Å². The zero-order valence-electron chi connectivity index (χ0n) is 7.18. The molecule has 0 bridgehead atoms. The minimum Gasteiger partial charge on any atom is -0.496 e. The number of aliphatic hydroxyl groups excluding tert-OH is 1. The molecule has 0 saturated heterocycles. The van der Waals surface area contributed by atoms with Crippen molar-refractivity contribution in [1.82, 2.24) is 0 Å². The Balaban J connectivity index is 3.09. The third-order valence-electron chi connectivity index (χ3n) is 1.70. The van der Waals surface area contributed by atoms with Crippen molar-refractivity contribution in [2.45, 2.75) is 6.42 Å². The summed E-state index contributed by atoms with van der Waals surface area (Å²) < 4.78 is 5.08. The molecule has 2 nitrogen and oxygen atoms in total. The predicted octanol–water partition coefficient (Wildman–Crippen LogP) is 2.54. The van der Waals surface area contributed by atoms with Crippen LogP contribution in [0.1, 0.15) is 5.56 Å². The minimum absolute atomic E-state index is 0.0638. The van der Waals surface area contributed by atoms with E-state index in [4.69, 9.17) is 33.0 Å². The number of hydrogen-bond donors (Lipinski definition) is 1. The summed E-state index contributed by atoms with van der Waals surface area (Å²) in [6.07, 6.45) is 0.514. The zero-order valence-corrected chi connectivity index (χ0v) is 8.69. The van der Waals surface area contributed by atoms with Crippen molar-refractivity contribution in [2.75, 3.05) is 13.7 Å². The van der Waals surface area contributed by atoms with Crippen LogP contribution >= 0.6 is 23.2 Å². The maximum atomic E-state index is 8.77. The van der Waals surface area contributed by atoms with Gasteiger partial charge in [-0.1, -0.05) is 23.2 Å². The van der Waals surface area contributed by atoms with Crippen molar-refractivity contribution in [2.24, 2.45) is 0 Å². The molecule has 0 fully saturated rings. The van der Waals surface area contributed by atoms with Gasteiger partial charge in [0.1, 0.15) is 5.75 Å². The molecule has 1 rings (SSSR count). The molecule has 1 aromatic rings. The summed E-state index contributed by atoms with van der Waals surface area (Å²) in [6.45, 7) is 0.0638. The van der Waals surface area contributed by atoms with Crippen LogP contribution in [0.4, 0.5) is 0 Å². The Morgan fingerprint density at radius 1 is 1.31 bits per heavy atom. The van der Waals surface area contributed by atoms with E-state index in [0.29, 0.717) is 22.2 Å². The van der Waals surface area contributed by atoms with Gasteiger partial charge in [-0.05, 0) is 18.1 Å². The van der Waals surface area contributed by atoms with E-state index in [1.54, 1.807) is 19.2 Å². The molecule has 0 aliphatic rings. The van der Waals surface area contributed by atoms with E-state index in [2.05, 4.69) is 0 Å². The quantitative estimate of drug-likeness (QED) is 0.849. The fraction of sp³-hybridized carbons (Fsp3) is 0.333. The molecule has 0 unspecified atom stereocenters. The SMILES string of the molecule is COc1cc(Cl)c(Cl)cc1CCO. The summed E-state index contributed by atoms with van der Waals surface area (Å²) in [7, 11) is 1.56. The number of hydrogen-bond acceptors (Lipinski definition) is 2. The van der Waals surface area contributed by atoms with Crippen LogP contribution < -0.4 is 4.74 Å². The molecule has 4 heteroatoms. The Morgan fingerprint density at radius 3 is 2.46 bits per heavy atom. The van der Waals surface area contributed by atoms with Crippen LogP contribution in [-0.2, 0) is 6.42 Å². The molecule has 0 aliphatic heterocycles. The fourth-order valence-corrected chi connectivity index (χ4v) is 1.42. The second kappa shape index (κ2) is 4.70. The molecule has 1 N–H and O–H groups in total. The number of aliphatic hydroxyl groups is 1. The normalized spacial score (nSPS) is 10.2. The van der Waals surface area contributed by atoms with Gasteiger partial charge in [0.15, 0.2) is 0 Å². The molecule has 0 aromatic heterocycles. The van der Waals surface area contributed by atoms with E-state index in [1.165, 1.54) is 0 Å². The fourth-order valence-electron chi connectivity index (χ4n) is 1.08. The average molecular weight is 221 g/mol. The lowest BCUT2D eigenvalue weighted by Crippen LogP contribution is -1.95. The summed E-state index contributed by atoms with van der Waals surface area (Å²) in [5.74, 6) is 0.656. The summed E-state index contributed by atoms with van der Waals surface area (Å²) in [5, 5.41) is 9.70. The van der Waals surface area contributed by atoms with Crippen LogP contribution in [0.25, 0.3) is 0 Å². The van der Waals surface area contributed by atoms with E-state index in [0.717, 1.165) is 5.56 Å². The van der Waals surface area contributed by atoms with E-state index in [-0.39, 0.29) is 6.61 Å². The van der Waals surface area contributed by atoms with Crippen LogP contribution in [0.2, 0.25) is 10.0 Å². The van der Waals surface area contributed by atoms with E-state index < -0.39 is 0 Å². The van der Waals surface area contributed by atoms with Gasteiger partial charge in [-0.15, -0.1) is 0 Å². The lowest BCUT2D eigenvalue weighted by atomic mass is 10.1. The second-order valence-corrected chi connectivity index (χ2v) is 3.37. The highest BCUT2D eigenvalue weighted by Crippen LogP contribution is 2.30. The molecule has 0 amide bonds. The van der Waals surface area contributed by atoms with Crippen molar-refractivity contribution in [1.29, 1.82) is 0 Å². The monoisotopic (exact) mass is 220 g/mol. The maximum Gasteiger partial charge on any atom is 0.123 e. The van der Waals surface area contributed by atoms with Gasteiger partial charge in [-0.2, -0.15) is 0 Å². The predicted molar refractivity (Wildman–Crippen MR) is 53.8 cm³/mol. The molecular formula is C9H10Cl2O2. The van der Waals surface area contributed by atoms with Crippen LogP contribution in [0.15, 0.2) is 12.1 Å². The topological polar surface area (TPSA) is 29.5 Å². The number of ether oxygens (including phenoxy) is 1. The Kier molecular flexibility index (Phi) is 3.85. The standard InChI is InChI=1S/C9H10Cl2O2/c1-13-9-5-8(11)7(10)4-6(9)2-3-12/h4-5,12H,2-3H2,1H3. The van der Waals surface area contributed by atoms with E-state index in [1.807, 2.05) is 0 Å². The number of benzene rings is 1. The number of halogens is 2. The molecule has 0 aliphatic carbocycles. The lowest BCUT2D eigenvalue weighted by Gasteiger charge is -2.08. The highest BCUT2D eigenvalue weighted by Gasteiger charge is 2.06. The summed E-state index contributed by atoms with van der Waals surface area (Å²) >= 11 is 11.6.